The number of carbonyl (C=O) groups is 1. The predicted octanol–water partition coefficient (Wildman–Crippen LogP) is 3.73. The van der Waals surface area contributed by atoms with Crippen molar-refractivity contribution in [2.24, 2.45) is 11.8 Å². The average Bonchev–Trinajstić information content (AvgIpc) is 3.55. The van der Waals surface area contributed by atoms with Gasteiger partial charge in [-0.3, -0.25) is 4.79 Å². The van der Waals surface area contributed by atoms with Crippen LogP contribution in [-0.2, 0) is 25.4 Å². The second-order valence-electron chi connectivity index (χ2n) is 8.79. The summed E-state index contributed by atoms with van der Waals surface area (Å²) in [6.07, 6.45) is 4.27. The zero-order valence-electron chi connectivity index (χ0n) is 16.7. The lowest BCUT2D eigenvalue weighted by atomic mass is 9.64. The van der Waals surface area contributed by atoms with Gasteiger partial charge in [-0.15, -0.1) is 0 Å². The molecule has 0 aromatic heterocycles. The lowest BCUT2D eigenvalue weighted by Gasteiger charge is -2.41. The third-order valence-corrected chi connectivity index (χ3v) is 6.57. The van der Waals surface area contributed by atoms with E-state index in [9.17, 15) is 4.79 Å². The SMILES string of the molecule is CO[C@@H]1C(=O)C(Cc2ccccc2)C[C@]2(CO2)[C@H]1[C@@]1(C)O[C@@H]1CC=C(C)C. The van der Waals surface area contributed by atoms with Crippen molar-refractivity contribution in [1.82, 2.24) is 0 Å². The van der Waals surface area contributed by atoms with Gasteiger partial charge in [0.25, 0.3) is 0 Å². The van der Waals surface area contributed by atoms with E-state index in [0.717, 1.165) is 19.3 Å². The molecule has 0 amide bonds. The van der Waals surface area contributed by atoms with Crippen LogP contribution < -0.4 is 0 Å². The third kappa shape index (κ3) is 3.39. The minimum atomic E-state index is -0.461. The van der Waals surface area contributed by atoms with Crippen LogP contribution in [0.25, 0.3) is 0 Å². The van der Waals surface area contributed by atoms with Crippen LogP contribution in [0.3, 0.4) is 0 Å². The van der Waals surface area contributed by atoms with Gasteiger partial charge < -0.3 is 14.2 Å². The molecule has 2 saturated heterocycles. The maximum absolute atomic E-state index is 13.3. The minimum absolute atomic E-state index is 0.0370. The van der Waals surface area contributed by atoms with Crippen molar-refractivity contribution in [2.75, 3.05) is 13.7 Å². The first-order valence-corrected chi connectivity index (χ1v) is 9.95. The van der Waals surface area contributed by atoms with Crippen LogP contribution in [0.1, 0.15) is 39.2 Å². The first-order valence-electron chi connectivity index (χ1n) is 9.95. The van der Waals surface area contributed by atoms with Crippen LogP contribution in [-0.4, -0.2) is 42.9 Å². The van der Waals surface area contributed by atoms with Crippen molar-refractivity contribution in [3.8, 4) is 0 Å². The topological polar surface area (TPSA) is 51.4 Å². The first-order chi connectivity index (χ1) is 12.9. The lowest BCUT2D eigenvalue weighted by molar-refractivity contribution is -0.148. The Morgan fingerprint density at radius 1 is 1.30 bits per heavy atom. The molecule has 3 aliphatic rings. The van der Waals surface area contributed by atoms with Crippen molar-refractivity contribution in [3.05, 3.63) is 47.5 Å². The molecule has 146 valence electrons. The highest BCUT2D eigenvalue weighted by molar-refractivity contribution is 5.88. The zero-order chi connectivity index (χ0) is 19.2. The molecule has 2 heterocycles. The van der Waals surface area contributed by atoms with E-state index in [1.54, 1.807) is 7.11 Å². The Bertz CT molecular complexity index is 732. The van der Waals surface area contributed by atoms with Gasteiger partial charge in [0.05, 0.1) is 18.6 Å². The summed E-state index contributed by atoms with van der Waals surface area (Å²) >= 11 is 0. The van der Waals surface area contributed by atoms with Crippen LogP contribution in [0.5, 0.6) is 0 Å². The van der Waals surface area contributed by atoms with E-state index in [0.29, 0.717) is 6.61 Å². The summed E-state index contributed by atoms with van der Waals surface area (Å²) in [5, 5.41) is 0. The monoisotopic (exact) mass is 370 g/mol. The Hall–Kier alpha value is -1.49. The normalized spacial score (nSPS) is 40.1. The molecule has 0 bridgehead atoms. The number of rotatable bonds is 6. The Balaban J connectivity index is 1.55. The highest BCUT2D eigenvalue weighted by atomic mass is 16.6. The fourth-order valence-electron chi connectivity index (χ4n) is 5.02. The van der Waals surface area contributed by atoms with E-state index >= 15 is 0 Å². The first kappa shape index (κ1) is 18.9. The molecule has 4 nitrogen and oxygen atoms in total. The fraction of sp³-hybridized carbons (Fsp3) is 0.609. The number of allylic oxidation sites excluding steroid dienone is 1. The van der Waals surface area contributed by atoms with Gasteiger partial charge >= 0.3 is 0 Å². The molecule has 1 aliphatic carbocycles. The number of epoxide rings is 2. The number of methoxy groups -OCH3 is 1. The minimum Gasteiger partial charge on any atom is -0.373 e. The zero-order valence-corrected chi connectivity index (χ0v) is 16.7. The molecule has 0 radical (unpaired) electrons. The standard InChI is InChI=1S/C23H30O4/c1-15(2)10-11-18-22(3,27-18)21-20(25-4)19(24)17(13-23(21)14-26-23)12-16-8-6-5-7-9-16/h5-10,17-18,20-21H,11-14H2,1-4H3/t17?,18-,20-,21-,22+,23+/m1/s1. The third-order valence-electron chi connectivity index (χ3n) is 6.57. The Morgan fingerprint density at radius 3 is 2.59 bits per heavy atom. The average molecular weight is 370 g/mol. The van der Waals surface area contributed by atoms with Crippen molar-refractivity contribution in [2.45, 2.75) is 63.4 Å². The van der Waals surface area contributed by atoms with Gasteiger partial charge in [0.2, 0.25) is 0 Å². The van der Waals surface area contributed by atoms with Gasteiger partial charge in [-0.1, -0.05) is 42.0 Å². The molecule has 4 heteroatoms. The second-order valence-corrected chi connectivity index (χ2v) is 8.79. The van der Waals surface area contributed by atoms with E-state index in [4.69, 9.17) is 14.2 Å². The van der Waals surface area contributed by atoms with Crippen LogP contribution in [0.4, 0.5) is 0 Å². The van der Waals surface area contributed by atoms with E-state index in [2.05, 4.69) is 39.0 Å². The van der Waals surface area contributed by atoms with Crippen molar-refractivity contribution >= 4 is 5.78 Å². The predicted molar refractivity (Wildman–Crippen MR) is 104 cm³/mol. The number of carbonyl (C=O) groups excluding carboxylic acids is 1. The number of ether oxygens (including phenoxy) is 3. The highest BCUT2D eigenvalue weighted by Crippen LogP contribution is 2.59. The molecular formula is C23H30O4. The van der Waals surface area contributed by atoms with Gasteiger partial charge in [0.15, 0.2) is 5.78 Å². The molecule has 1 saturated carbocycles. The van der Waals surface area contributed by atoms with E-state index in [1.807, 2.05) is 18.2 Å². The van der Waals surface area contributed by atoms with Crippen molar-refractivity contribution in [1.29, 1.82) is 0 Å². The van der Waals surface area contributed by atoms with Crippen molar-refractivity contribution < 1.29 is 19.0 Å². The van der Waals surface area contributed by atoms with Gasteiger partial charge in [-0.25, -0.2) is 0 Å². The summed E-state index contributed by atoms with van der Waals surface area (Å²) in [4.78, 5) is 13.3. The summed E-state index contributed by atoms with van der Waals surface area (Å²) in [5.41, 5.74) is 1.85. The Kier molecular flexibility index (Phi) is 4.77. The second kappa shape index (κ2) is 6.84. The number of Topliss-reactive ketones (excluding diaryl/α,β-unsaturated/α-hetero) is 1. The molecule has 2 aliphatic heterocycles. The summed E-state index contributed by atoms with van der Waals surface area (Å²) in [6.45, 7) is 7.02. The number of ketones is 1. The summed E-state index contributed by atoms with van der Waals surface area (Å²) in [5.74, 6) is 0.102. The molecule has 1 spiro atoms. The molecule has 1 aromatic rings. The summed E-state index contributed by atoms with van der Waals surface area (Å²) in [6, 6.07) is 10.2. The smallest absolute Gasteiger partial charge is 0.165 e. The molecule has 0 N–H and O–H groups in total. The number of hydrogen-bond donors (Lipinski definition) is 0. The van der Waals surface area contributed by atoms with E-state index < -0.39 is 6.10 Å². The van der Waals surface area contributed by atoms with Crippen molar-refractivity contribution in [3.63, 3.8) is 0 Å². The molecule has 4 rings (SSSR count). The van der Waals surface area contributed by atoms with Gasteiger partial charge in [0, 0.05) is 13.0 Å². The van der Waals surface area contributed by atoms with Crippen LogP contribution in [0.2, 0.25) is 0 Å². The fourth-order valence-corrected chi connectivity index (χ4v) is 5.02. The lowest BCUT2D eigenvalue weighted by Crippen LogP contribution is -2.56. The van der Waals surface area contributed by atoms with E-state index in [1.165, 1.54) is 11.1 Å². The maximum Gasteiger partial charge on any atom is 0.165 e. The summed E-state index contributed by atoms with van der Waals surface area (Å²) < 4.78 is 17.9. The van der Waals surface area contributed by atoms with Crippen LogP contribution in [0, 0.1) is 11.8 Å². The Labute approximate surface area is 161 Å². The number of hydrogen-bond acceptors (Lipinski definition) is 4. The van der Waals surface area contributed by atoms with E-state index in [-0.39, 0.29) is 34.9 Å². The Morgan fingerprint density at radius 2 is 2.00 bits per heavy atom. The molecular weight excluding hydrogens is 340 g/mol. The molecule has 1 unspecified atom stereocenters. The quantitative estimate of drug-likeness (QED) is 0.565. The molecule has 3 fully saturated rings. The van der Waals surface area contributed by atoms with Gasteiger partial charge in [-0.05, 0) is 45.6 Å². The molecule has 27 heavy (non-hydrogen) atoms. The number of benzene rings is 1. The molecule has 6 atom stereocenters. The van der Waals surface area contributed by atoms with Gasteiger partial charge in [-0.2, -0.15) is 0 Å². The molecule has 1 aromatic carbocycles. The van der Waals surface area contributed by atoms with Crippen LogP contribution in [0.15, 0.2) is 42.0 Å². The largest absolute Gasteiger partial charge is 0.373 e. The maximum atomic E-state index is 13.3. The van der Waals surface area contributed by atoms with Crippen LogP contribution >= 0.6 is 0 Å². The van der Waals surface area contributed by atoms with Gasteiger partial charge in [0.1, 0.15) is 17.3 Å². The highest BCUT2D eigenvalue weighted by Gasteiger charge is 2.73. The summed E-state index contributed by atoms with van der Waals surface area (Å²) in [7, 11) is 1.65.